The van der Waals surface area contributed by atoms with Crippen LogP contribution in [-0.2, 0) is 4.74 Å². The molecule has 1 aromatic carbocycles. The van der Waals surface area contributed by atoms with Crippen molar-refractivity contribution >= 4 is 45.2 Å². The summed E-state index contributed by atoms with van der Waals surface area (Å²) in [5, 5.41) is 3.74. The number of anilines is 2. The van der Waals surface area contributed by atoms with Crippen LogP contribution in [0.25, 0.3) is 0 Å². The third-order valence-corrected chi connectivity index (χ3v) is 4.30. The van der Waals surface area contributed by atoms with E-state index >= 15 is 0 Å². The fourth-order valence-electron chi connectivity index (χ4n) is 1.72. The van der Waals surface area contributed by atoms with Crippen molar-refractivity contribution in [3.63, 3.8) is 0 Å². The molecule has 1 aromatic heterocycles. The minimum absolute atomic E-state index is 0.304. The molecule has 2 aromatic rings. The van der Waals surface area contributed by atoms with E-state index in [-0.39, 0.29) is 0 Å². The number of aryl methyl sites for hydroxylation is 1. The Balaban J connectivity index is 2.38. The number of thioether (sulfide) groups is 1. The first kappa shape index (κ1) is 16.8. The number of hydrogen-bond donors (Lipinski definition) is 1. The summed E-state index contributed by atoms with van der Waals surface area (Å²) in [5.41, 5.74) is 2.27. The van der Waals surface area contributed by atoms with Crippen molar-refractivity contribution in [2.75, 3.05) is 18.2 Å². The Bertz CT molecular complexity index is 694. The molecule has 0 aliphatic rings. The molecule has 2 rings (SSSR count). The predicted octanol–water partition coefficient (Wildman–Crippen LogP) is 4.19. The summed E-state index contributed by atoms with van der Waals surface area (Å²) < 4.78 is 6.03. The smallest absolute Gasteiger partial charge is 0.343 e. The largest absolute Gasteiger partial charge is 0.462 e. The van der Waals surface area contributed by atoms with Gasteiger partial charge < -0.3 is 10.1 Å². The summed E-state index contributed by atoms with van der Waals surface area (Å²) in [6, 6.07) is 5.84. The molecule has 0 atom stereocenters. The fourth-order valence-corrected chi connectivity index (χ4v) is 2.44. The Morgan fingerprint density at radius 1 is 1.45 bits per heavy atom. The number of benzene rings is 1. The lowest BCUT2D eigenvalue weighted by atomic mass is 10.2. The van der Waals surface area contributed by atoms with Gasteiger partial charge in [-0.05, 0) is 37.8 Å². The summed E-state index contributed by atoms with van der Waals surface area (Å²) in [7, 11) is 0. The molecule has 0 fully saturated rings. The predicted molar refractivity (Wildman–Crippen MR) is 91.9 cm³/mol. The lowest BCUT2D eigenvalue weighted by molar-refractivity contribution is 0.0526. The van der Waals surface area contributed by atoms with Crippen LogP contribution in [0.3, 0.4) is 0 Å². The monoisotopic (exact) mass is 381 g/mol. The van der Waals surface area contributed by atoms with Gasteiger partial charge in [-0.25, -0.2) is 14.8 Å². The second kappa shape index (κ2) is 7.60. The van der Waals surface area contributed by atoms with Gasteiger partial charge in [-0.2, -0.15) is 0 Å². The average Bonchev–Trinajstić information content (AvgIpc) is 2.51. The highest BCUT2D eigenvalue weighted by atomic mass is 79.9. The molecule has 1 N–H and O–H groups in total. The maximum absolute atomic E-state index is 12.0. The van der Waals surface area contributed by atoms with Gasteiger partial charge in [0.15, 0.2) is 5.16 Å². The van der Waals surface area contributed by atoms with Gasteiger partial charge in [0, 0.05) is 16.4 Å². The summed E-state index contributed by atoms with van der Waals surface area (Å²) in [5.74, 6) is -0.00242. The van der Waals surface area contributed by atoms with Crippen LogP contribution in [0.5, 0.6) is 0 Å². The number of carbonyl (C=O) groups is 1. The number of ether oxygens (including phenoxy) is 1. The van der Waals surface area contributed by atoms with Gasteiger partial charge in [0.1, 0.15) is 11.4 Å². The quantitative estimate of drug-likeness (QED) is 0.475. The van der Waals surface area contributed by atoms with E-state index in [0.29, 0.717) is 23.1 Å². The number of halogens is 1. The SMILES string of the molecule is CCOC(=O)c1cnc(SC)nc1Nc1ccc(C)c(Br)c1. The highest BCUT2D eigenvalue weighted by Crippen LogP contribution is 2.25. The van der Waals surface area contributed by atoms with Crippen LogP contribution in [0.1, 0.15) is 22.8 Å². The molecular weight excluding hydrogens is 366 g/mol. The Morgan fingerprint density at radius 3 is 2.86 bits per heavy atom. The van der Waals surface area contributed by atoms with Gasteiger partial charge >= 0.3 is 5.97 Å². The van der Waals surface area contributed by atoms with Crippen molar-refractivity contribution in [3.8, 4) is 0 Å². The molecule has 0 aliphatic heterocycles. The first-order valence-electron chi connectivity index (χ1n) is 6.66. The molecule has 1 heterocycles. The second-order valence-electron chi connectivity index (χ2n) is 4.43. The molecule has 7 heteroatoms. The molecule has 0 bridgehead atoms. The van der Waals surface area contributed by atoms with Crippen LogP contribution in [0, 0.1) is 6.92 Å². The summed E-state index contributed by atoms with van der Waals surface area (Å²) >= 11 is 4.90. The van der Waals surface area contributed by atoms with Crippen molar-refractivity contribution in [3.05, 3.63) is 40.0 Å². The van der Waals surface area contributed by atoms with E-state index in [1.165, 1.54) is 18.0 Å². The molecule has 0 unspecified atom stereocenters. The molecule has 116 valence electrons. The van der Waals surface area contributed by atoms with Crippen molar-refractivity contribution < 1.29 is 9.53 Å². The average molecular weight is 382 g/mol. The first-order chi connectivity index (χ1) is 10.5. The summed E-state index contributed by atoms with van der Waals surface area (Å²) in [6.45, 7) is 4.08. The van der Waals surface area contributed by atoms with Gasteiger partial charge in [0.2, 0.25) is 0 Å². The third kappa shape index (κ3) is 3.98. The van der Waals surface area contributed by atoms with Gasteiger partial charge in [-0.3, -0.25) is 0 Å². The Hall–Kier alpha value is -1.60. The Morgan fingerprint density at radius 2 is 2.23 bits per heavy atom. The number of rotatable bonds is 5. The van der Waals surface area contributed by atoms with E-state index in [2.05, 4.69) is 31.2 Å². The zero-order valence-electron chi connectivity index (χ0n) is 12.5. The molecule has 0 saturated heterocycles. The Kier molecular flexibility index (Phi) is 5.79. The Labute approximate surface area is 142 Å². The molecule has 22 heavy (non-hydrogen) atoms. The molecule has 0 aliphatic carbocycles. The van der Waals surface area contributed by atoms with Gasteiger partial charge in [0.05, 0.1) is 6.61 Å². The minimum Gasteiger partial charge on any atom is -0.462 e. The number of nitrogens with one attached hydrogen (secondary N) is 1. The van der Waals surface area contributed by atoms with Crippen LogP contribution in [-0.4, -0.2) is 28.8 Å². The molecule has 0 amide bonds. The molecule has 0 spiro atoms. The molecular formula is C15H16BrN3O2S. The lowest BCUT2D eigenvalue weighted by Gasteiger charge is -2.12. The summed E-state index contributed by atoms with van der Waals surface area (Å²) in [6.07, 6.45) is 3.37. The fraction of sp³-hybridized carbons (Fsp3) is 0.267. The maximum Gasteiger partial charge on any atom is 0.343 e. The van der Waals surface area contributed by atoms with E-state index in [4.69, 9.17) is 4.74 Å². The second-order valence-corrected chi connectivity index (χ2v) is 6.06. The standard InChI is InChI=1S/C15H16BrN3O2S/c1-4-21-14(20)11-8-17-15(22-3)19-13(11)18-10-6-5-9(2)12(16)7-10/h5-8H,4H2,1-3H3,(H,17,18,19). The van der Waals surface area contributed by atoms with E-state index < -0.39 is 5.97 Å². The number of carbonyl (C=O) groups excluding carboxylic acids is 1. The molecule has 0 radical (unpaired) electrons. The first-order valence-corrected chi connectivity index (χ1v) is 8.68. The lowest BCUT2D eigenvalue weighted by Crippen LogP contribution is -2.10. The number of nitrogens with zero attached hydrogens (tertiary/aromatic N) is 2. The highest BCUT2D eigenvalue weighted by molar-refractivity contribution is 9.10. The van der Waals surface area contributed by atoms with E-state index in [9.17, 15) is 4.79 Å². The third-order valence-electron chi connectivity index (χ3n) is 2.88. The molecule has 5 nitrogen and oxygen atoms in total. The van der Waals surface area contributed by atoms with Crippen LogP contribution < -0.4 is 5.32 Å². The van der Waals surface area contributed by atoms with Crippen LogP contribution in [0.4, 0.5) is 11.5 Å². The topological polar surface area (TPSA) is 64.1 Å². The van der Waals surface area contributed by atoms with E-state index in [1.807, 2.05) is 31.4 Å². The normalized spacial score (nSPS) is 10.4. The highest BCUT2D eigenvalue weighted by Gasteiger charge is 2.16. The minimum atomic E-state index is -0.441. The van der Waals surface area contributed by atoms with Crippen molar-refractivity contribution in [2.24, 2.45) is 0 Å². The van der Waals surface area contributed by atoms with Gasteiger partial charge in [-0.1, -0.05) is 33.8 Å². The van der Waals surface area contributed by atoms with Gasteiger partial charge in [-0.15, -0.1) is 0 Å². The van der Waals surface area contributed by atoms with E-state index in [0.717, 1.165) is 15.7 Å². The maximum atomic E-state index is 12.0. The van der Waals surface area contributed by atoms with Crippen LogP contribution >= 0.6 is 27.7 Å². The van der Waals surface area contributed by atoms with Crippen molar-refractivity contribution in [1.29, 1.82) is 0 Å². The van der Waals surface area contributed by atoms with Gasteiger partial charge in [0.25, 0.3) is 0 Å². The number of esters is 1. The number of aromatic nitrogens is 2. The molecule has 0 saturated carbocycles. The zero-order valence-corrected chi connectivity index (χ0v) is 14.9. The van der Waals surface area contributed by atoms with Crippen molar-refractivity contribution in [2.45, 2.75) is 19.0 Å². The summed E-state index contributed by atoms with van der Waals surface area (Å²) in [4.78, 5) is 20.5. The zero-order chi connectivity index (χ0) is 16.1. The number of hydrogen-bond acceptors (Lipinski definition) is 6. The van der Waals surface area contributed by atoms with Crippen molar-refractivity contribution in [1.82, 2.24) is 9.97 Å². The van der Waals surface area contributed by atoms with Crippen LogP contribution in [0.2, 0.25) is 0 Å². The van der Waals surface area contributed by atoms with Crippen LogP contribution in [0.15, 0.2) is 34.0 Å². The van der Waals surface area contributed by atoms with E-state index in [1.54, 1.807) is 6.92 Å².